The molecule has 3 heterocycles. The number of phosphoric ester groups is 1. The second-order valence-corrected chi connectivity index (χ2v) is 12.6. The summed E-state index contributed by atoms with van der Waals surface area (Å²) in [5.74, 6) is -0.504. The second kappa shape index (κ2) is 19.0. The summed E-state index contributed by atoms with van der Waals surface area (Å²) in [6, 6.07) is 2.35. The van der Waals surface area contributed by atoms with Gasteiger partial charge in [-0.1, -0.05) is 0 Å². The van der Waals surface area contributed by atoms with Crippen LogP contribution in [0.2, 0.25) is 0 Å². The molecule has 3 aromatic rings. The predicted molar refractivity (Wildman–Crippen MR) is 140 cm³/mol. The number of nitrogens with zero attached hydrogens (tertiary/aromatic N) is 4. The van der Waals surface area contributed by atoms with E-state index in [-0.39, 0.29) is 158 Å². The van der Waals surface area contributed by atoms with Gasteiger partial charge in [-0.05, 0) is 12.1 Å². The Bertz CT molecular complexity index is 1650. The number of imidazole rings is 1. The Morgan fingerprint density at radius 1 is 0.957 bits per heavy atom. The van der Waals surface area contributed by atoms with Crippen LogP contribution in [-0.4, -0.2) is 82.8 Å². The molecule has 1 saturated heterocycles. The number of carbonyl (C=O) groups is 1. The van der Waals surface area contributed by atoms with Gasteiger partial charge in [0.05, 0.1) is 20.5 Å². The van der Waals surface area contributed by atoms with E-state index < -0.39 is 54.0 Å². The Morgan fingerprint density at radius 2 is 1.54 bits per heavy atom. The maximum atomic E-state index is 13.2. The first-order chi connectivity index (χ1) is 19.5. The molecule has 1 amide bonds. The number of aliphatic hydroxyl groups excluding tert-OH is 1. The van der Waals surface area contributed by atoms with E-state index in [9.17, 15) is 33.4 Å². The van der Waals surface area contributed by atoms with Crippen LogP contribution in [0.4, 0.5) is 5.82 Å². The quantitative estimate of drug-likeness (QED) is 0.0706. The SMILES string of the molecule is COc1cc(OC)cc(C(=O)N[C@@H]2C(O)[C@H](n3cnc4c(N)ncnc43)O[C@@H]2OP(=O)(O)OP(=O)(O)OP(=O)(O)O)c1.[H-].[H-].[H-].[H-].[Na+].[Na+].[Na+].[Na+]. The zero-order valence-electron chi connectivity index (χ0n) is 29.2. The smallest absolute Gasteiger partial charge is 1.00 e. The van der Waals surface area contributed by atoms with Crippen molar-refractivity contribution in [2.75, 3.05) is 20.0 Å². The van der Waals surface area contributed by atoms with Crippen molar-refractivity contribution in [2.24, 2.45) is 0 Å². The molecule has 1 fully saturated rings. The molecule has 28 heteroatoms. The van der Waals surface area contributed by atoms with Gasteiger partial charge >= 0.3 is 142 Å². The molecule has 0 bridgehead atoms. The molecular weight excluding hydrogens is 725 g/mol. The molecule has 46 heavy (non-hydrogen) atoms. The monoisotopic (exact) mass is 752 g/mol. The van der Waals surface area contributed by atoms with Crippen LogP contribution < -0.4 is 139 Å². The molecular formula is C18H27N6Na4O15P3. The third-order valence-electron chi connectivity index (χ3n) is 5.45. The number of fused-ring (bicyclic) bond motifs is 1. The minimum Gasteiger partial charge on any atom is -1.00 e. The third kappa shape index (κ3) is 12.0. The molecule has 0 radical (unpaired) electrons. The molecule has 1 aliphatic heterocycles. The van der Waals surface area contributed by atoms with Gasteiger partial charge in [-0.3, -0.25) is 13.9 Å². The van der Waals surface area contributed by atoms with Gasteiger partial charge in [-0.15, -0.1) is 0 Å². The van der Waals surface area contributed by atoms with E-state index in [1.54, 1.807) is 0 Å². The topological polar surface area (TPSA) is 306 Å². The fourth-order valence-electron chi connectivity index (χ4n) is 3.77. The van der Waals surface area contributed by atoms with Crippen molar-refractivity contribution >= 4 is 46.4 Å². The van der Waals surface area contributed by atoms with Crippen molar-refractivity contribution in [3.8, 4) is 11.5 Å². The predicted octanol–water partition coefficient (Wildman–Crippen LogP) is -11.8. The number of ether oxygens (including phenoxy) is 3. The van der Waals surface area contributed by atoms with Crippen LogP contribution >= 0.6 is 23.5 Å². The number of aliphatic hydroxyl groups is 1. The second-order valence-electron chi connectivity index (χ2n) is 8.27. The number of hydrogen-bond donors (Lipinski definition) is 7. The fourth-order valence-corrected chi connectivity index (χ4v) is 6.88. The van der Waals surface area contributed by atoms with Crippen LogP contribution in [0.15, 0.2) is 30.9 Å². The Kier molecular flexibility index (Phi) is 19.4. The molecule has 4 rings (SSSR count). The summed E-state index contributed by atoms with van der Waals surface area (Å²) in [6.07, 6.45) is -3.26. The number of anilines is 1. The Morgan fingerprint density at radius 3 is 2.09 bits per heavy atom. The number of nitrogens with one attached hydrogen (secondary N) is 1. The summed E-state index contributed by atoms with van der Waals surface area (Å²) in [4.78, 5) is 62.1. The molecule has 3 unspecified atom stereocenters. The zero-order valence-corrected chi connectivity index (χ0v) is 35.9. The van der Waals surface area contributed by atoms with Gasteiger partial charge < -0.3 is 55.6 Å². The molecule has 2 aromatic heterocycles. The zero-order chi connectivity index (χ0) is 31.0. The maximum absolute atomic E-state index is 13.2. The molecule has 6 atom stereocenters. The molecule has 0 spiro atoms. The first-order valence-electron chi connectivity index (χ1n) is 11.1. The third-order valence-corrected chi connectivity index (χ3v) is 9.25. The summed E-state index contributed by atoms with van der Waals surface area (Å²) in [5.41, 5.74) is 5.85. The van der Waals surface area contributed by atoms with Crippen LogP contribution in [-0.2, 0) is 31.6 Å². The number of nitrogens with two attached hydrogens (primary N) is 1. The largest absolute Gasteiger partial charge is 1.00 e. The van der Waals surface area contributed by atoms with Crippen LogP contribution in [0.25, 0.3) is 11.2 Å². The average Bonchev–Trinajstić information content (AvgIpc) is 3.43. The first-order valence-corrected chi connectivity index (χ1v) is 15.7. The Labute approximate surface area is 354 Å². The number of aromatic nitrogens is 4. The van der Waals surface area contributed by atoms with Crippen molar-refractivity contribution < 1.29 is 194 Å². The van der Waals surface area contributed by atoms with E-state index in [2.05, 4.69) is 28.9 Å². The van der Waals surface area contributed by atoms with Crippen LogP contribution in [0.3, 0.4) is 0 Å². The molecule has 238 valence electrons. The normalized spacial score (nSPS) is 21.6. The molecule has 21 nitrogen and oxygen atoms in total. The van der Waals surface area contributed by atoms with Gasteiger partial charge in [-0.25, -0.2) is 28.6 Å². The maximum Gasteiger partial charge on any atom is 1.00 e. The van der Waals surface area contributed by atoms with E-state index in [1.807, 2.05) is 0 Å². The van der Waals surface area contributed by atoms with Gasteiger partial charge in [0.1, 0.15) is 35.5 Å². The number of benzene rings is 1. The van der Waals surface area contributed by atoms with Gasteiger partial charge in [0, 0.05) is 11.6 Å². The van der Waals surface area contributed by atoms with Crippen molar-refractivity contribution in [1.82, 2.24) is 24.8 Å². The van der Waals surface area contributed by atoms with E-state index in [0.717, 1.165) is 17.2 Å². The van der Waals surface area contributed by atoms with Crippen LogP contribution in [0.5, 0.6) is 11.5 Å². The molecule has 0 saturated carbocycles. The van der Waals surface area contributed by atoms with Gasteiger partial charge in [0.25, 0.3) is 5.91 Å². The number of nitrogen functional groups attached to an aromatic ring is 1. The first kappa shape index (κ1) is 47.0. The molecule has 1 aromatic carbocycles. The summed E-state index contributed by atoms with van der Waals surface area (Å²) >= 11 is 0. The number of phosphoric acid groups is 3. The number of carbonyl (C=O) groups excluding carboxylic acids is 1. The van der Waals surface area contributed by atoms with E-state index in [0.29, 0.717) is 0 Å². The minimum absolute atomic E-state index is 0. The standard InChI is InChI=1S/C18H23N6O15P3.4Na.4H/c1-34-9-3-8(4-10(5-9)35-2)16(26)23-11-13(25)17(24-7-22-12-14(19)20-6-21-15(12)24)36-18(11)37-41(30,31)39-42(32,33)38-40(27,28)29;;;;;;;;/h3-7,11,13,17-18,25H,1-2H3,(H,23,26)(H,30,31)(H,32,33)(H2,19,20,21)(H2,27,28,29);;;;;;;;/q;4*+1;4*-1/t11-,13?,17-,18-;;;;;;;;/m1......../s1. The molecule has 0 aliphatic carbocycles. The van der Waals surface area contributed by atoms with Crippen molar-refractivity contribution in [3.63, 3.8) is 0 Å². The Balaban J connectivity index is -0.000000844. The van der Waals surface area contributed by atoms with Gasteiger partial charge in [-0.2, -0.15) is 8.62 Å². The van der Waals surface area contributed by atoms with Crippen LogP contribution in [0.1, 0.15) is 22.3 Å². The van der Waals surface area contributed by atoms with Crippen molar-refractivity contribution in [1.29, 1.82) is 0 Å². The number of amides is 1. The van der Waals surface area contributed by atoms with Gasteiger partial charge in [0.2, 0.25) is 0 Å². The summed E-state index contributed by atoms with van der Waals surface area (Å²) in [7, 11) is -14.7. The summed E-state index contributed by atoms with van der Waals surface area (Å²) < 4.78 is 64.6. The molecule has 8 N–H and O–H groups in total. The van der Waals surface area contributed by atoms with E-state index >= 15 is 0 Å². The van der Waals surface area contributed by atoms with Gasteiger partial charge in [0.15, 0.2) is 24.0 Å². The number of rotatable bonds is 11. The van der Waals surface area contributed by atoms with Crippen molar-refractivity contribution in [3.05, 3.63) is 36.4 Å². The van der Waals surface area contributed by atoms with E-state index in [4.69, 9.17) is 34.3 Å². The average molecular weight is 752 g/mol. The summed E-state index contributed by atoms with van der Waals surface area (Å²) in [5, 5.41) is 13.5. The fraction of sp³-hybridized carbons (Fsp3) is 0.333. The van der Waals surface area contributed by atoms with Crippen molar-refractivity contribution in [2.45, 2.75) is 24.7 Å². The number of methoxy groups -OCH3 is 2. The van der Waals surface area contributed by atoms with E-state index in [1.165, 1.54) is 32.4 Å². The van der Waals surface area contributed by atoms with Crippen LogP contribution in [0, 0.1) is 0 Å². The molecule has 1 aliphatic rings. The Hall–Kier alpha value is 0.970. The summed E-state index contributed by atoms with van der Waals surface area (Å²) in [6.45, 7) is 0. The minimum atomic E-state index is -5.90. The number of hydrogen-bond acceptors (Lipinski definition) is 15.